The van der Waals surface area contributed by atoms with Crippen molar-refractivity contribution in [2.45, 2.75) is 70.3 Å². The van der Waals surface area contributed by atoms with Crippen LogP contribution in [0.4, 0.5) is 0 Å². The Balaban J connectivity index is 0.00000300. The fraction of sp³-hybridized carbons (Fsp3) is 0.857. The maximum absolute atomic E-state index is 11.9. The van der Waals surface area contributed by atoms with E-state index in [4.69, 9.17) is 0 Å². The molecule has 1 saturated carbocycles. The molecule has 0 atom stereocenters. The van der Waals surface area contributed by atoms with E-state index in [1.54, 1.807) is 7.05 Å². The van der Waals surface area contributed by atoms with Gasteiger partial charge in [0.15, 0.2) is 5.96 Å². The first-order chi connectivity index (χ1) is 13.7. The Bertz CT molecular complexity index is 541. The lowest BCUT2D eigenvalue weighted by Crippen LogP contribution is -2.51. The number of rotatable bonds is 6. The Morgan fingerprint density at radius 1 is 1.00 bits per heavy atom. The highest BCUT2D eigenvalue weighted by molar-refractivity contribution is 14.0. The molecule has 29 heavy (non-hydrogen) atoms. The van der Waals surface area contributed by atoms with Crippen molar-refractivity contribution < 1.29 is 9.59 Å². The average Bonchev–Trinajstić information content (AvgIpc) is 2.71. The summed E-state index contributed by atoms with van der Waals surface area (Å²) >= 11 is 0. The lowest BCUT2D eigenvalue weighted by Gasteiger charge is -2.36. The molecule has 1 aliphatic carbocycles. The number of nitrogens with zero attached hydrogens (tertiary/aromatic N) is 3. The van der Waals surface area contributed by atoms with Gasteiger partial charge in [-0.25, -0.2) is 0 Å². The lowest BCUT2D eigenvalue weighted by molar-refractivity contribution is -0.147. The van der Waals surface area contributed by atoms with Crippen LogP contribution in [0.1, 0.15) is 64.2 Å². The van der Waals surface area contributed by atoms with Gasteiger partial charge in [0.2, 0.25) is 11.8 Å². The van der Waals surface area contributed by atoms with Crippen molar-refractivity contribution in [2.75, 3.05) is 39.8 Å². The number of hydrogen-bond donors (Lipinski definition) is 2. The van der Waals surface area contributed by atoms with Crippen LogP contribution in [-0.4, -0.2) is 73.4 Å². The molecule has 7 nitrogen and oxygen atoms in total. The van der Waals surface area contributed by atoms with Crippen molar-refractivity contribution in [3.8, 4) is 0 Å². The number of aliphatic imine (C=N–C) groups is 1. The summed E-state index contributed by atoms with van der Waals surface area (Å²) in [6.45, 7) is 4.54. The number of hydrogen-bond acceptors (Lipinski definition) is 4. The highest BCUT2D eigenvalue weighted by Gasteiger charge is 2.26. The van der Waals surface area contributed by atoms with Crippen LogP contribution in [0.2, 0.25) is 0 Å². The van der Waals surface area contributed by atoms with E-state index in [1.165, 1.54) is 43.5 Å². The maximum atomic E-state index is 11.9. The quantitative estimate of drug-likeness (QED) is 0.244. The summed E-state index contributed by atoms with van der Waals surface area (Å²) in [5.41, 5.74) is 0. The van der Waals surface area contributed by atoms with E-state index in [1.807, 2.05) is 0 Å². The van der Waals surface area contributed by atoms with Gasteiger partial charge >= 0.3 is 0 Å². The van der Waals surface area contributed by atoms with Gasteiger partial charge in [-0.3, -0.25) is 19.5 Å². The second-order valence-corrected chi connectivity index (χ2v) is 8.51. The number of nitrogens with one attached hydrogen (secondary N) is 2. The predicted molar refractivity (Wildman–Crippen MR) is 127 cm³/mol. The summed E-state index contributed by atoms with van der Waals surface area (Å²) in [5, 5.41) is 6.78. The molecule has 2 amide bonds. The van der Waals surface area contributed by atoms with Gasteiger partial charge in [0, 0.05) is 58.7 Å². The number of imide groups is 1. The van der Waals surface area contributed by atoms with Gasteiger partial charge in [-0.2, -0.15) is 0 Å². The summed E-state index contributed by atoms with van der Waals surface area (Å²) in [4.78, 5) is 32.1. The first kappa shape index (κ1) is 24.4. The molecule has 0 bridgehead atoms. The molecule has 8 heteroatoms. The Morgan fingerprint density at radius 2 is 1.66 bits per heavy atom. The monoisotopic (exact) mass is 519 g/mol. The van der Waals surface area contributed by atoms with Gasteiger partial charge in [0.1, 0.15) is 0 Å². The van der Waals surface area contributed by atoms with Crippen molar-refractivity contribution in [3.63, 3.8) is 0 Å². The number of halogens is 1. The third-order valence-electron chi connectivity index (χ3n) is 6.40. The van der Waals surface area contributed by atoms with Gasteiger partial charge in [0.05, 0.1) is 0 Å². The molecule has 3 aliphatic rings. The largest absolute Gasteiger partial charge is 0.355 e. The van der Waals surface area contributed by atoms with Crippen molar-refractivity contribution in [2.24, 2.45) is 10.9 Å². The molecule has 3 rings (SSSR count). The van der Waals surface area contributed by atoms with Gasteiger partial charge < -0.3 is 15.5 Å². The Morgan fingerprint density at radius 3 is 2.28 bits per heavy atom. The van der Waals surface area contributed by atoms with Gasteiger partial charge in [-0.05, 0) is 38.0 Å². The van der Waals surface area contributed by atoms with Crippen LogP contribution in [0.15, 0.2) is 4.99 Å². The summed E-state index contributed by atoms with van der Waals surface area (Å²) in [7, 11) is 1.77. The molecule has 2 heterocycles. The Labute approximate surface area is 192 Å². The van der Waals surface area contributed by atoms with Crippen LogP contribution in [0, 0.1) is 5.92 Å². The van der Waals surface area contributed by atoms with Crippen LogP contribution in [-0.2, 0) is 9.59 Å². The van der Waals surface area contributed by atoms with Crippen LogP contribution in [0.3, 0.4) is 0 Å². The molecule has 166 valence electrons. The topological polar surface area (TPSA) is 77.0 Å². The molecule has 2 aliphatic heterocycles. The Kier molecular flexibility index (Phi) is 10.7. The zero-order valence-corrected chi connectivity index (χ0v) is 20.2. The number of carbonyl (C=O) groups is 2. The fourth-order valence-electron chi connectivity index (χ4n) is 4.72. The average molecular weight is 519 g/mol. The zero-order chi connectivity index (χ0) is 19.8. The lowest BCUT2D eigenvalue weighted by atomic mass is 9.88. The minimum absolute atomic E-state index is 0. The molecule has 2 N–H and O–H groups in total. The number of likely N-dealkylation sites (tertiary alicyclic amines) is 2. The van der Waals surface area contributed by atoms with E-state index in [-0.39, 0.29) is 35.8 Å². The first-order valence-electron chi connectivity index (χ1n) is 11.2. The molecule has 0 aromatic carbocycles. The normalized spacial score (nSPS) is 23.1. The molecule has 0 aromatic rings. The van der Waals surface area contributed by atoms with Crippen LogP contribution in [0.25, 0.3) is 0 Å². The summed E-state index contributed by atoms with van der Waals surface area (Å²) < 4.78 is 0. The van der Waals surface area contributed by atoms with Crippen molar-refractivity contribution in [1.29, 1.82) is 0 Å². The van der Waals surface area contributed by atoms with E-state index in [9.17, 15) is 9.59 Å². The summed E-state index contributed by atoms with van der Waals surface area (Å²) in [6.07, 6.45) is 11.0. The summed E-state index contributed by atoms with van der Waals surface area (Å²) in [6, 6.07) is 0.437. The first-order valence-corrected chi connectivity index (χ1v) is 11.2. The molecule has 0 aromatic heterocycles. The molecule has 2 saturated heterocycles. The fourth-order valence-corrected chi connectivity index (χ4v) is 4.72. The number of carbonyl (C=O) groups excluding carboxylic acids is 2. The third kappa shape index (κ3) is 7.70. The smallest absolute Gasteiger partial charge is 0.229 e. The second kappa shape index (κ2) is 12.7. The number of piperidine rings is 2. The van der Waals surface area contributed by atoms with Gasteiger partial charge in [0.25, 0.3) is 0 Å². The third-order valence-corrected chi connectivity index (χ3v) is 6.40. The molecule has 0 radical (unpaired) electrons. The Hall–Kier alpha value is -0.900. The SMILES string of the molecule is CN=C(NCCN1C(=O)CCCC1=O)NC1CCN(CC2CCCCC2)CC1.I. The second-order valence-electron chi connectivity index (χ2n) is 8.51. The van der Waals surface area contributed by atoms with Crippen LogP contribution >= 0.6 is 24.0 Å². The van der Waals surface area contributed by atoms with E-state index < -0.39 is 0 Å². The van der Waals surface area contributed by atoms with Crippen LogP contribution < -0.4 is 10.6 Å². The van der Waals surface area contributed by atoms with E-state index in [0.717, 1.165) is 37.8 Å². The number of amides is 2. The van der Waals surface area contributed by atoms with Crippen molar-refractivity contribution in [1.82, 2.24) is 20.4 Å². The molecule has 0 unspecified atom stereocenters. The highest BCUT2D eigenvalue weighted by atomic mass is 127. The maximum Gasteiger partial charge on any atom is 0.229 e. The van der Waals surface area contributed by atoms with Gasteiger partial charge in [-0.1, -0.05) is 19.3 Å². The van der Waals surface area contributed by atoms with E-state index in [2.05, 4.69) is 20.5 Å². The summed E-state index contributed by atoms with van der Waals surface area (Å²) in [5.74, 6) is 1.58. The highest BCUT2D eigenvalue weighted by Crippen LogP contribution is 2.25. The number of guanidine groups is 1. The van der Waals surface area contributed by atoms with E-state index in [0.29, 0.717) is 38.4 Å². The van der Waals surface area contributed by atoms with Crippen molar-refractivity contribution in [3.05, 3.63) is 0 Å². The zero-order valence-electron chi connectivity index (χ0n) is 17.8. The van der Waals surface area contributed by atoms with Crippen LogP contribution in [0.5, 0.6) is 0 Å². The minimum atomic E-state index is -0.0497. The van der Waals surface area contributed by atoms with Gasteiger partial charge in [-0.15, -0.1) is 24.0 Å². The minimum Gasteiger partial charge on any atom is -0.355 e. The molecule has 0 spiro atoms. The standard InChI is InChI=1S/C21H37N5O2.HI/c1-22-21(23-12-15-26-19(27)8-5-9-20(26)28)24-18-10-13-25(14-11-18)16-17-6-3-2-4-7-17;/h17-18H,2-16H2,1H3,(H2,22,23,24);1H. The molecular formula is C21H38IN5O2. The molecular weight excluding hydrogens is 481 g/mol. The molecule has 3 fully saturated rings. The van der Waals surface area contributed by atoms with E-state index >= 15 is 0 Å². The van der Waals surface area contributed by atoms with Crippen molar-refractivity contribution >= 4 is 41.8 Å². The predicted octanol–water partition coefficient (Wildman–Crippen LogP) is 2.35.